The summed E-state index contributed by atoms with van der Waals surface area (Å²) in [6, 6.07) is 0.457. The summed E-state index contributed by atoms with van der Waals surface area (Å²) >= 11 is 0. The van der Waals surface area contributed by atoms with Crippen molar-refractivity contribution in [3.8, 4) is 0 Å². The standard InChI is InChI=1S/C14H29NO2S/c1-11-9-13(2,3)8-7-12(11)15-10-14(4,5)18(6,16)17/h11-12,15H,7-10H2,1-6H3. The largest absolute Gasteiger partial charge is 0.312 e. The topological polar surface area (TPSA) is 46.2 Å². The third-order valence-electron chi connectivity index (χ3n) is 4.49. The molecule has 0 spiro atoms. The Kier molecular flexibility index (Phi) is 4.54. The van der Waals surface area contributed by atoms with Gasteiger partial charge in [0.15, 0.2) is 9.84 Å². The lowest BCUT2D eigenvalue weighted by molar-refractivity contribution is 0.148. The smallest absolute Gasteiger partial charge is 0.153 e. The molecule has 4 heteroatoms. The van der Waals surface area contributed by atoms with E-state index in [1.165, 1.54) is 19.1 Å². The first-order valence-corrected chi connectivity index (χ1v) is 8.77. The van der Waals surface area contributed by atoms with Gasteiger partial charge in [-0.1, -0.05) is 20.8 Å². The summed E-state index contributed by atoms with van der Waals surface area (Å²) < 4.78 is 22.7. The van der Waals surface area contributed by atoms with Crippen LogP contribution in [0.5, 0.6) is 0 Å². The van der Waals surface area contributed by atoms with Crippen LogP contribution in [0.1, 0.15) is 53.9 Å². The van der Waals surface area contributed by atoms with Crippen LogP contribution in [0, 0.1) is 11.3 Å². The molecule has 0 saturated heterocycles. The van der Waals surface area contributed by atoms with E-state index in [4.69, 9.17) is 0 Å². The van der Waals surface area contributed by atoms with Gasteiger partial charge in [-0.25, -0.2) is 8.42 Å². The molecule has 0 amide bonds. The molecule has 0 aromatic heterocycles. The van der Waals surface area contributed by atoms with Crippen LogP contribution < -0.4 is 5.32 Å². The van der Waals surface area contributed by atoms with Gasteiger partial charge in [-0.3, -0.25) is 0 Å². The number of hydrogen-bond donors (Lipinski definition) is 1. The van der Waals surface area contributed by atoms with Gasteiger partial charge in [0.25, 0.3) is 0 Å². The van der Waals surface area contributed by atoms with Gasteiger partial charge in [0, 0.05) is 18.8 Å². The van der Waals surface area contributed by atoms with Crippen LogP contribution in [0.15, 0.2) is 0 Å². The molecule has 0 bridgehead atoms. The highest BCUT2D eigenvalue weighted by molar-refractivity contribution is 7.92. The van der Waals surface area contributed by atoms with Crippen molar-refractivity contribution in [2.75, 3.05) is 12.8 Å². The quantitative estimate of drug-likeness (QED) is 0.858. The molecule has 2 unspecified atom stereocenters. The highest BCUT2D eigenvalue weighted by Crippen LogP contribution is 2.38. The summed E-state index contributed by atoms with van der Waals surface area (Å²) in [6.07, 6.45) is 4.90. The Morgan fingerprint density at radius 2 is 1.89 bits per heavy atom. The number of hydrogen-bond acceptors (Lipinski definition) is 3. The average Bonchev–Trinajstić information content (AvgIpc) is 2.13. The molecule has 1 fully saturated rings. The molecular weight excluding hydrogens is 246 g/mol. The minimum Gasteiger partial charge on any atom is -0.312 e. The van der Waals surface area contributed by atoms with E-state index in [1.54, 1.807) is 13.8 Å². The van der Waals surface area contributed by atoms with Gasteiger partial charge in [0.2, 0.25) is 0 Å². The summed E-state index contributed by atoms with van der Waals surface area (Å²) in [7, 11) is -3.01. The van der Waals surface area contributed by atoms with E-state index < -0.39 is 14.6 Å². The number of rotatable bonds is 4. The van der Waals surface area contributed by atoms with E-state index in [9.17, 15) is 8.42 Å². The van der Waals surface area contributed by atoms with Crippen molar-refractivity contribution >= 4 is 9.84 Å². The Hall–Kier alpha value is -0.0900. The van der Waals surface area contributed by atoms with Gasteiger partial charge < -0.3 is 5.32 Å². The molecule has 1 aliphatic rings. The summed E-state index contributed by atoms with van der Waals surface area (Å²) in [5.74, 6) is 0.615. The lowest BCUT2D eigenvalue weighted by Crippen LogP contribution is -2.49. The van der Waals surface area contributed by atoms with Crippen LogP contribution in [0.3, 0.4) is 0 Å². The van der Waals surface area contributed by atoms with Gasteiger partial charge >= 0.3 is 0 Å². The predicted molar refractivity (Wildman–Crippen MR) is 77.5 cm³/mol. The molecule has 0 heterocycles. The Bertz CT molecular complexity index is 385. The van der Waals surface area contributed by atoms with Crippen molar-refractivity contribution in [1.82, 2.24) is 5.32 Å². The fourth-order valence-electron chi connectivity index (χ4n) is 2.76. The van der Waals surface area contributed by atoms with E-state index in [-0.39, 0.29) is 0 Å². The Morgan fingerprint density at radius 1 is 1.33 bits per heavy atom. The lowest BCUT2D eigenvalue weighted by Gasteiger charge is -2.40. The summed E-state index contributed by atoms with van der Waals surface area (Å²) in [5.41, 5.74) is 0.434. The summed E-state index contributed by atoms with van der Waals surface area (Å²) in [5, 5.41) is 3.48. The van der Waals surface area contributed by atoms with Crippen molar-refractivity contribution in [2.45, 2.75) is 64.7 Å². The molecule has 108 valence electrons. The maximum Gasteiger partial charge on any atom is 0.153 e. The molecule has 0 aromatic rings. The number of nitrogens with one attached hydrogen (secondary N) is 1. The van der Waals surface area contributed by atoms with Crippen LogP contribution in [0.4, 0.5) is 0 Å². The first-order valence-electron chi connectivity index (χ1n) is 6.88. The van der Waals surface area contributed by atoms with E-state index in [1.807, 2.05) is 0 Å². The zero-order chi connectivity index (χ0) is 14.2. The highest BCUT2D eigenvalue weighted by atomic mass is 32.2. The van der Waals surface area contributed by atoms with Crippen LogP contribution in [-0.4, -0.2) is 32.0 Å². The second kappa shape index (κ2) is 5.12. The van der Waals surface area contributed by atoms with E-state index >= 15 is 0 Å². The molecule has 2 atom stereocenters. The zero-order valence-electron chi connectivity index (χ0n) is 12.7. The van der Waals surface area contributed by atoms with Crippen molar-refractivity contribution in [3.63, 3.8) is 0 Å². The second-order valence-electron chi connectivity index (χ2n) is 7.40. The maximum absolute atomic E-state index is 11.7. The fourth-order valence-corrected chi connectivity index (χ4v) is 3.10. The molecular formula is C14H29NO2S. The fraction of sp³-hybridized carbons (Fsp3) is 1.00. The lowest BCUT2D eigenvalue weighted by atomic mass is 9.70. The van der Waals surface area contributed by atoms with Gasteiger partial charge in [-0.2, -0.15) is 0 Å². The number of sulfone groups is 1. The molecule has 0 aliphatic heterocycles. The monoisotopic (exact) mass is 275 g/mol. The van der Waals surface area contributed by atoms with E-state index in [0.717, 1.165) is 6.42 Å². The van der Waals surface area contributed by atoms with Crippen LogP contribution >= 0.6 is 0 Å². The third-order valence-corrected chi connectivity index (χ3v) is 6.64. The van der Waals surface area contributed by atoms with Crippen LogP contribution in [0.25, 0.3) is 0 Å². The summed E-state index contributed by atoms with van der Waals surface area (Å²) in [4.78, 5) is 0. The zero-order valence-corrected chi connectivity index (χ0v) is 13.5. The van der Waals surface area contributed by atoms with E-state index in [2.05, 4.69) is 26.1 Å². The third kappa shape index (κ3) is 3.95. The second-order valence-corrected chi connectivity index (χ2v) is 10.1. The van der Waals surface area contributed by atoms with Gasteiger partial charge in [-0.05, 0) is 44.4 Å². The molecule has 18 heavy (non-hydrogen) atoms. The molecule has 1 N–H and O–H groups in total. The van der Waals surface area contributed by atoms with Gasteiger partial charge in [-0.15, -0.1) is 0 Å². The highest BCUT2D eigenvalue weighted by Gasteiger charge is 2.35. The maximum atomic E-state index is 11.7. The van der Waals surface area contributed by atoms with Crippen LogP contribution in [0.2, 0.25) is 0 Å². The minimum atomic E-state index is -3.01. The molecule has 0 radical (unpaired) electrons. The molecule has 3 nitrogen and oxygen atoms in total. The molecule has 0 aromatic carbocycles. The first-order chi connectivity index (χ1) is 7.95. The van der Waals surface area contributed by atoms with Gasteiger partial charge in [0.1, 0.15) is 0 Å². The Morgan fingerprint density at radius 3 is 2.33 bits per heavy atom. The van der Waals surface area contributed by atoms with Crippen molar-refractivity contribution < 1.29 is 8.42 Å². The molecule has 1 saturated carbocycles. The molecule has 1 aliphatic carbocycles. The van der Waals surface area contributed by atoms with Crippen molar-refractivity contribution in [1.29, 1.82) is 0 Å². The SMILES string of the molecule is CC1CC(C)(C)CCC1NCC(C)(C)S(C)(=O)=O. The first kappa shape index (κ1) is 16.0. The van der Waals surface area contributed by atoms with Gasteiger partial charge in [0.05, 0.1) is 4.75 Å². The van der Waals surface area contributed by atoms with Crippen LogP contribution in [-0.2, 0) is 9.84 Å². The Labute approximate surface area is 113 Å². The minimum absolute atomic E-state index is 0.434. The Balaban J connectivity index is 2.56. The normalized spacial score (nSPS) is 29.2. The predicted octanol–water partition coefficient (Wildman–Crippen LogP) is 2.61. The van der Waals surface area contributed by atoms with Crippen molar-refractivity contribution in [3.05, 3.63) is 0 Å². The summed E-state index contributed by atoms with van der Waals surface area (Å²) in [6.45, 7) is 11.0. The molecule has 1 rings (SSSR count). The average molecular weight is 275 g/mol. The van der Waals surface area contributed by atoms with E-state index in [0.29, 0.717) is 23.9 Å². The van der Waals surface area contributed by atoms with Crippen molar-refractivity contribution in [2.24, 2.45) is 11.3 Å².